The lowest BCUT2D eigenvalue weighted by molar-refractivity contribution is -0.138. The molecule has 0 radical (unpaired) electrons. The summed E-state index contributed by atoms with van der Waals surface area (Å²) in [4.78, 5) is 0. The van der Waals surface area contributed by atoms with Crippen LogP contribution in [0.3, 0.4) is 0 Å². The monoisotopic (exact) mass is 344 g/mol. The van der Waals surface area contributed by atoms with E-state index in [2.05, 4.69) is 0 Å². The second-order valence-electron chi connectivity index (χ2n) is 3.73. The number of rotatable bonds is 2. The van der Waals surface area contributed by atoms with E-state index in [9.17, 15) is 13.2 Å². The smallest absolute Gasteiger partial charge is 0.166 e. The van der Waals surface area contributed by atoms with Crippen LogP contribution in [0.25, 0.3) is 0 Å². The number of thiophene rings is 1. The first-order chi connectivity index (χ1) is 8.80. The van der Waals surface area contributed by atoms with Gasteiger partial charge in [0, 0.05) is 5.56 Å². The maximum absolute atomic E-state index is 12.9. The van der Waals surface area contributed by atoms with Crippen molar-refractivity contribution in [2.24, 2.45) is 0 Å². The van der Waals surface area contributed by atoms with Gasteiger partial charge in [-0.05, 0) is 17.7 Å². The van der Waals surface area contributed by atoms with Crippen molar-refractivity contribution in [1.82, 2.24) is 0 Å². The van der Waals surface area contributed by atoms with Crippen molar-refractivity contribution in [3.8, 4) is 0 Å². The molecule has 2 aromatic rings. The quantitative estimate of drug-likeness (QED) is 0.552. The molecule has 0 saturated heterocycles. The normalized spacial score (nSPS) is 13.6. The molecule has 0 bridgehead atoms. The lowest BCUT2D eigenvalue weighted by atomic mass is 10.0. The fourth-order valence-corrected chi connectivity index (χ4v) is 3.68. The summed E-state index contributed by atoms with van der Waals surface area (Å²) < 4.78 is 39.4. The maximum Gasteiger partial charge on any atom is 0.416 e. The minimum Gasteiger partial charge on any atom is -0.166 e. The second kappa shape index (κ2) is 5.52. The van der Waals surface area contributed by atoms with Crippen molar-refractivity contribution >= 4 is 46.1 Å². The van der Waals surface area contributed by atoms with Crippen LogP contribution in [0.5, 0.6) is 0 Å². The number of benzene rings is 1. The molecular formula is C12H6Cl3F3S. The van der Waals surface area contributed by atoms with Gasteiger partial charge in [-0.15, -0.1) is 22.9 Å². The first-order valence-corrected chi connectivity index (χ1v) is 7.06. The summed E-state index contributed by atoms with van der Waals surface area (Å²) >= 11 is 18.9. The van der Waals surface area contributed by atoms with Crippen molar-refractivity contribution in [2.75, 3.05) is 0 Å². The summed E-state index contributed by atoms with van der Waals surface area (Å²) in [6.45, 7) is 0. The molecule has 1 unspecified atom stereocenters. The second-order valence-corrected chi connectivity index (χ2v) is 6.45. The molecule has 0 fully saturated rings. The molecule has 0 nitrogen and oxygen atoms in total. The maximum atomic E-state index is 12.9. The van der Waals surface area contributed by atoms with E-state index in [1.807, 2.05) is 0 Å². The van der Waals surface area contributed by atoms with Crippen molar-refractivity contribution in [1.29, 1.82) is 0 Å². The van der Waals surface area contributed by atoms with Gasteiger partial charge in [-0.3, -0.25) is 0 Å². The van der Waals surface area contributed by atoms with Crippen LogP contribution in [0, 0.1) is 0 Å². The minimum absolute atomic E-state index is 0.0342. The van der Waals surface area contributed by atoms with Gasteiger partial charge in [0.1, 0.15) is 0 Å². The molecule has 102 valence electrons. The standard InChI is InChI=1S/C12H6Cl3F3S/c13-9-5-7(11(15)19-9)10(14)6-3-1-2-4-8(6)12(16,17)18/h1-5,10H. The Morgan fingerprint density at radius 1 is 1.05 bits per heavy atom. The van der Waals surface area contributed by atoms with Gasteiger partial charge in [-0.25, -0.2) is 0 Å². The van der Waals surface area contributed by atoms with E-state index in [0.717, 1.165) is 17.4 Å². The van der Waals surface area contributed by atoms with Gasteiger partial charge in [0.25, 0.3) is 0 Å². The summed E-state index contributed by atoms with van der Waals surface area (Å²) in [5.41, 5.74) is -0.420. The molecule has 1 atom stereocenters. The van der Waals surface area contributed by atoms with E-state index < -0.39 is 17.1 Å². The summed E-state index contributed by atoms with van der Waals surface area (Å²) in [6.07, 6.45) is -4.46. The molecule has 1 aromatic carbocycles. The Bertz CT molecular complexity index is 592. The minimum atomic E-state index is -4.46. The van der Waals surface area contributed by atoms with Crippen LogP contribution in [0.15, 0.2) is 30.3 Å². The van der Waals surface area contributed by atoms with Gasteiger partial charge < -0.3 is 0 Å². The SMILES string of the molecule is FC(F)(F)c1ccccc1C(Cl)c1cc(Cl)sc1Cl. The van der Waals surface area contributed by atoms with Crippen LogP contribution in [0.2, 0.25) is 8.67 Å². The molecule has 0 N–H and O–H groups in total. The van der Waals surface area contributed by atoms with Crippen molar-refractivity contribution in [3.05, 3.63) is 55.7 Å². The molecule has 7 heteroatoms. The third-order valence-corrected chi connectivity index (χ3v) is 4.48. The number of hydrogen-bond donors (Lipinski definition) is 0. The average Bonchev–Trinajstić information content (AvgIpc) is 2.66. The fourth-order valence-electron chi connectivity index (χ4n) is 1.67. The van der Waals surface area contributed by atoms with Crippen molar-refractivity contribution in [3.63, 3.8) is 0 Å². The molecule has 2 rings (SSSR count). The summed E-state index contributed by atoms with van der Waals surface area (Å²) in [7, 11) is 0. The largest absolute Gasteiger partial charge is 0.416 e. The third kappa shape index (κ3) is 3.19. The van der Waals surface area contributed by atoms with E-state index in [1.54, 1.807) is 0 Å². The number of halogens is 6. The van der Waals surface area contributed by atoms with E-state index in [1.165, 1.54) is 24.3 Å². The molecule has 0 saturated carbocycles. The van der Waals surface area contributed by atoms with E-state index >= 15 is 0 Å². The molecule has 1 heterocycles. The van der Waals surface area contributed by atoms with Crippen LogP contribution in [0.1, 0.15) is 22.1 Å². The van der Waals surface area contributed by atoms with Gasteiger partial charge >= 0.3 is 6.18 Å². The Hall–Kier alpha value is -0.420. The summed E-state index contributed by atoms with van der Waals surface area (Å²) in [5, 5.41) is -0.992. The van der Waals surface area contributed by atoms with Crippen LogP contribution in [0.4, 0.5) is 13.2 Å². The number of alkyl halides is 4. The van der Waals surface area contributed by atoms with Gasteiger partial charge in [-0.2, -0.15) is 13.2 Å². The average molecular weight is 346 g/mol. The highest BCUT2D eigenvalue weighted by molar-refractivity contribution is 7.20. The number of hydrogen-bond acceptors (Lipinski definition) is 1. The summed E-state index contributed by atoms with van der Waals surface area (Å²) in [5.74, 6) is 0. The van der Waals surface area contributed by atoms with Gasteiger partial charge in [0.15, 0.2) is 0 Å². The summed E-state index contributed by atoms with van der Waals surface area (Å²) in [6, 6.07) is 6.63. The van der Waals surface area contributed by atoms with Crippen LogP contribution in [-0.4, -0.2) is 0 Å². The zero-order valence-corrected chi connectivity index (χ0v) is 12.2. The molecule has 0 aliphatic heterocycles. The Kier molecular flexibility index (Phi) is 4.35. The molecule has 1 aromatic heterocycles. The lowest BCUT2D eigenvalue weighted by Crippen LogP contribution is -2.10. The molecule has 0 amide bonds. The lowest BCUT2D eigenvalue weighted by Gasteiger charge is -2.16. The topological polar surface area (TPSA) is 0 Å². The first-order valence-electron chi connectivity index (χ1n) is 5.05. The van der Waals surface area contributed by atoms with Crippen LogP contribution >= 0.6 is 46.1 Å². The van der Waals surface area contributed by atoms with Crippen molar-refractivity contribution < 1.29 is 13.2 Å². The third-order valence-electron chi connectivity index (χ3n) is 2.50. The Morgan fingerprint density at radius 2 is 1.68 bits per heavy atom. The molecule has 19 heavy (non-hydrogen) atoms. The van der Waals surface area contributed by atoms with Gasteiger partial charge in [0.2, 0.25) is 0 Å². The highest BCUT2D eigenvalue weighted by Gasteiger charge is 2.35. The Labute approximate surface area is 126 Å². The highest BCUT2D eigenvalue weighted by Crippen LogP contribution is 2.44. The molecule has 0 aliphatic carbocycles. The Morgan fingerprint density at radius 3 is 2.21 bits per heavy atom. The zero-order chi connectivity index (χ0) is 14.2. The van der Waals surface area contributed by atoms with E-state index in [-0.39, 0.29) is 5.56 Å². The van der Waals surface area contributed by atoms with E-state index in [0.29, 0.717) is 14.2 Å². The van der Waals surface area contributed by atoms with E-state index in [4.69, 9.17) is 34.8 Å². The van der Waals surface area contributed by atoms with Gasteiger partial charge in [-0.1, -0.05) is 41.4 Å². The molecule has 0 aliphatic rings. The predicted molar refractivity (Wildman–Crippen MR) is 73.5 cm³/mol. The zero-order valence-electron chi connectivity index (χ0n) is 9.14. The van der Waals surface area contributed by atoms with Crippen LogP contribution in [-0.2, 0) is 6.18 Å². The van der Waals surface area contributed by atoms with Crippen molar-refractivity contribution in [2.45, 2.75) is 11.6 Å². The Balaban J connectivity index is 2.50. The van der Waals surface area contributed by atoms with Gasteiger partial charge in [0.05, 0.1) is 19.6 Å². The molecular weight excluding hydrogens is 340 g/mol. The molecule has 0 spiro atoms. The first kappa shape index (κ1) is 15.0. The van der Waals surface area contributed by atoms with Crippen LogP contribution < -0.4 is 0 Å². The predicted octanol–water partition coefficient (Wildman–Crippen LogP) is 6.40. The highest BCUT2D eigenvalue weighted by atomic mass is 35.5. The fraction of sp³-hybridized carbons (Fsp3) is 0.167.